The van der Waals surface area contributed by atoms with Crippen LogP contribution in [0.1, 0.15) is 81.9 Å². The third-order valence-electron chi connectivity index (χ3n) is 7.91. The lowest BCUT2D eigenvalue weighted by atomic mass is 9.61. The normalized spacial score (nSPS) is 31.2. The number of benzene rings is 1. The molecule has 3 aliphatic carbocycles. The molecule has 0 bridgehead atoms. The number of guanidine groups is 1. The Hall–Kier alpha value is -2.41. The third-order valence-corrected chi connectivity index (χ3v) is 7.91. The number of alkyl carbamates (subject to hydrolysis) is 1. The SMILES string of the molecule is COC1CCC2(CC1)Cc1ccc(C3CC3)cc1C21N=C(NC(=O)OC(C)(C)C)N(C)C1=O. The molecule has 2 spiro atoms. The molecule has 1 atom stereocenters. The summed E-state index contributed by atoms with van der Waals surface area (Å²) in [7, 11) is 3.46. The van der Waals surface area contributed by atoms with E-state index in [1.807, 2.05) is 20.8 Å². The summed E-state index contributed by atoms with van der Waals surface area (Å²) in [5.41, 5.74) is 1.58. The molecule has 0 aromatic heterocycles. The van der Waals surface area contributed by atoms with Crippen molar-refractivity contribution in [3.8, 4) is 0 Å². The van der Waals surface area contributed by atoms with Crippen molar-refractivity contribution in [1.29, 1.82) is 0 Å². The zero-order chi connectivity index (χ0) is 23.6. The Labute approximate surface area is 195 Å². The predicted octanol–water partition coefficient (Wildman–Crippen LogP) is 4.24. The Balaban J connectivity index is 1.58. The number of amides is 2. The summed E-state index contributed by atoms with van der Waals surface area (Å²) in [4.78, 5) is 33.2. The molecule has 2 fully saturated rings. The van der Waals surface area contributed by atoms with E-state index in [1.54, 1.807) is 14.2 Å². The van der Waals surface area contributed by atoms with Crippen molar-refractivity contribution in [1.82, 2.24) is 10.2 Å². The van der Waals surface area contributed by atoms with Crippen LogP contribution >= 0.6 is 0 Å². The van der Waals surface area contributed by atoms with Gasteiger partial charge in [0.25, 0.3) is 5.91 Å². The second-order valence-corrected chi connectivity index (χ2v) is 11.2. The lowest BCUT2D eigenvalue weighted by Gasteiger charge is -2.45. The summed E-state index contributed by atoms with van der Waals surface area (Å²) in [5.74, 6) is 0.800. The number of methoxy groups -OCH3 is 1. The first-order chi connectivity index (χ1) is 15.6. The number of rotatable bonds is 2. The quantitative estimate of drug-likeness (QED) is 0.726. The highest BCUT2D eigenvalue weighted by Crippen LogP contribution is 2.62. The van der Waals surface area contributed by atoms with Crippen LogP contribution in [0.4, 0.5) is 4.79 Å². The molecule has 178 valence electrons. The highest BCUT2D eigenvalue weighted by Gasteiger charge is 2.66. The van der Waals surface area contributed by atoms with E-state index < -0.39 is 17.2 Å². The fraction of sp³-hybridized carbons (Fsp3) is 0.654. The molecule has 2 saturated carbocycles. The molecule has 1 aromatic rings. The van der Waals surface area contributed by atoms with E-state index in [-0.39, 0.29) is 23.4 Å². The minimum absolute atomic E-state index is 0.0591. The van der Waals surface area contributed by atoms with Crippen LogP contribution in [0, 0.1) is 5.41 Å². The van der Waals surface area contributed by atoms with Crippen LogP contribution in [0.2, 0.25) is 0 Å². The smallest absolute Gasteiger partial charge is 0.414 e. The van der Waals surface area contributed by atoms with Crippen molar-refractivity contribution in [3.05, 3.63) is 34.9 Å². The van der Waals surface area contributed by atoms with Gasteiger partial charge in [0.15, 0.2) is 5.54 Å². The van der Waals surface area contributed by atoms with Crippen LogP contribution in [0.5, 0.6) is 0 Å². The second-order valence-electron chi connectivity index (χ2n) is 11.2. The van der Waals surface area contributed by atoms with Gasteiger partial charge in [0, 0.05) is 19.6 Å². The van der Waals surface area contributed by atoms with E-state index in [9.17, 15) is 9.59 Å². The van der Waals surface area contributed by atoms with Gasteiger partial charge in [0.2, 0.25) is 5.96 Å². The zero-order valence-electron chi connectivity index (χ0n) is 20.4. The van der Waals surface area contributed by atoms with Gasteiger partial charge in [0.1, 0.15) is 5.60 Å². The molecule has 1 heterocycles. The van der Waals surface area contributed by atoms with Crippen molar-refractivity contribution in [2.45, 2.75) is 88.9 Å². The number of ether oxygens (including phenoxy) is 2. The van der Waals surface area contributed by atoms with Crippen molar-refractivity contribution in [2.75, 3.05) is 14.2 Å². The number of nitrogens with one attached hydrogen (secondary N) is 1. The van der Waals surface area contributed by atoms with Gasteiger partial charge in [-0.2, -0.15) is 0 Å². The third kappa shape index (κ3) is 3.56. The highest BCUT2D eigenvalue weighted by molar-refractivity contribution is 6.12. The van der Waals surface area contributed by atoms with Crippen molar-refractivity contribution in [3.63, 3.8) is 0 Å². The molecule has 7 nitrogen and oxygen atoms in total. The van der Waals surface area contributed by atoms with E-state index in [0.29, 0.717) is 5.92 Å². The Kier molecular flexibility index (Phi) is 5.12. The Morgan fingerprint density at radius 3 is 2.48 bits per heavy atom. The lowest BCUT2D eigenvalue weighted by Crippen LogP contribution is -2.51. The van der Waals surface area contributed by atoms with Crippen LogP contribution in [-0.2, 0) is 26.2 Å². The topological polar surface area (TPSA) is 80.2 Å². The monoisotopic (exact) mass is 453 g/mol. The maximum Gasteiger partial charge on any atom is 0.414 e. The highest BCUT2D eigenvalue weighted by atomic mass is 16.6. The zero-order valence-corrected chi connectivity index (χ0v) is 20.4. The minimum atomic E-state index is -1.01. The fourth-order valence-corrected chi connectivity index (χ4v) is 6.10. The Morgan fingerprint density at radius 1 is 1.18 bits per heavy atom. The van der Waals surface area contributed by atoms with Crippen molar-refractivity contribution >= 4 is 18.0 Å². The van der Waals surface area contributed by atoms with Crippen molar-refractivity contribution < 1.29 is 19.1 Å². The summed E-state index contributed by atoms with van der Waals surface area (Å²) >= 11 is 0. The van der Waals surface area contributed by atoms with Crippen molar-refractivity contribution in [2.24, 2.45) is 10.4 Å². The first-order valence-corrected chi connectivity index (χ1v) is 12.1. The first kappa shape index (κ1) is 22.4. The van der Waals surface area contributed by atoms with Crippen LogP contribution in [0.3, 0.4) is 0 Å². The van der Waals surface area contributed by atoms with Gasteiger partial charge in [-0.05, 0) is 88.3 Å². The predicted molar refractivity (Wildman–Crippen MR) is 125 cm³/mol. The number of fused-ring (bicyclic) bond motifs is 3. The summed E-state index contributed by atoms with van der Waals surface area (Å²) in [5, 5.41) is 2.76. The summed E-state index contributed by atoms with van der Waals surface area (Å²) in [6.45, 7) is 5.44. The van der Waals surface area contributed by atoms with Gasteiger partial charge in [-0.3, -0.25) is 15.0 Å². The Bertz CT molecular complexity index is 1010. The van der Waals surface area contributed by atoms with E-state index in [1.165, 1.54) is 28.9 Å². The molecule has 1 aromatic carbocycles. The number of carbonyl (C=O) groups excluding carboxylic acids is 2. The summed E-state index contributed by atoms with van der Waals surface area (Å²) in [6.07, 6.45) is 6.39. The van der Waals surface area contributed by atoms with Crippen LogP contribution in [-0.4, -0.2) is 48.7 Å². The second kappa shape index (κ2) is 7.55. The van der Waals surface area contributed by atoms with E-state index in [2.05, 4.69) is 23.5 Å². The number of nitrogens with zero attached hydrogens (tertiary/aromatic N) is 2. The summed E-state index contributed by atoms with van der Waals surface area (Å²) < 4.78 is 11.1. The number of likely N-dealkylation sites (N-methyl/N-ethyl adjacent to an activating group) is 1. The Morgan fingerprint density at radius 2 is 1.88 bits per heavy atom. The van der Waals surface area contributed by atoms with E-state index in [4.69, 9.17) is 14.5 Å². The average Bonchev–Trinajstić information content (AvgIpc) is 3.53. The largest absolute Gasteiger partial charge is 0.444 e. The molecule has 7 heteroatoms. The standard InChI is InChI=1S/C26H35N3O4/c1-24(2,3)33-23(31)27-22-28-26(21(30)29(22)4)20-14-17(16-6-7-16)8-9-18(20)15-25(26)12-10-19(32-5)11-13-25/h8-9,14,16,19H,6-7,10-13,15H2,1-5H3,(H,27,28,31). The molecule has 1 aliphatic heterocycles. The van der Waals surface area contributed by atoms with Gasteiger partial charge in [0.05, 0.1) is 6.10 Å². The minimum Gasteiger partial charge on any atom is -0.444 e. The summed E-state index contributed by atoms with van der Waals surface area (Å²) in [6, 6.07) is 6.68. The molecule has 1 N–H and O–H groups in total. The van der Waals surface area contributed by atoms with Crippen LogP contribution in [0.15, 0.2) is 23.2 Å². The molecule has 5 rings (SSSR count). The molecule has 2 amide bonds. The first-order valence-electron chi connectivity index (χ1n) is 12.1. The van der Waals surface area contributed by atoms with Crippen LogP contribution < -0.4 is 5.32 Å². The van der Waals surface area contributed by atoms with Crippen LogP contribution in [0.25, 0.3) is 0 Å². The maximum absolute atomic E-state index is 14.1. The van der Waals surface area contributed by atoms with E-state index >= 15 is 0 Å². The molecule has 4 aliphatic rings. The molecule has 33 heavy (non-hydrogen) atoms. The number of carbonyl (C=O) groups is 2. The van der Waals surface area contributed by atoms with E-state index in [0.717, 1.165) is 37.7 Å². The number of hydrogen-bond donors (Lipinski definition) is 1. The van der Waals surface area contributed by atoms with Gasteiger partial charge >= 0.3 is 6.09 Å². The fourth-order valence-electron chi connectivity index (χ4n) is 6.10. The lowest BCUT2D eigenvalue weighted by molar-refractivity contribution is -0.137. The maximum atomic E-state index is 14.1. The molecule has 0 radical (unpaired) electrons. The molecular formula is C26H35N3O4. The van der Waals surface area contributed by atoms with Gasteiger partial charge in [-0.25, -0.2) is 9.79 Å². The average molecular weight is 454 g/mol. The number of aliphatic imine (C=N–C) groups is 1. The van der Waals surface area contributed by atoms with Gasteiger partial charge in [-0.15, -0.1) is 0 Å². The molecule has 0 saturated heterocycles. The molecular weight excluding hydrogens is 418 g/mol. The molecule has 1 unspecified atom stereocenters. The van der Waals surface area contributed by atoms with Gasteiger partial charge in [-0.1, -0.05) is 18.2 Å². The number of hydrogen-bond acceptors (Lipinski definition) is 5. The van der Waals surface area contributed by atoms with Gasteiger partial charge < -0.3 is 9.47 Å².